The number of aliphatic carboxylic acids is 1. The summed E-state index contributed by atoms with van der Waals surface area (Å²) in [7, 11) is 0. The van der Waals surface area contributed by atoms with Crippen molar-refractivity contribution in [2.75, 3.05) is 42.9 Å². The van der Waals surface area contributed by atoms with Crippen molar-refractivity contribution < 1.29 is 14.7 Å². The number of nitrogens with one attached hydrogen (secondary N) is 3. The number of anilines is 2. The molecule has 1 saturated heterocycles. The van der Waals surface area contributed by atoms with Crippen molar-refractivity contribution in [3.05, 3.63) is 60.2 Å². The number of aromatic amines is 2. The largest absolute Gasteiger partial charge is 0.481 e. The van der Waals surface area contributed by atoms with E-state index in [0.29, 0.717) is 29.4 Å². The molecule has 1 fully saturated rings. The van der Waals surface area contributed by atoms with Gasteiger partial charge in [0.25, 0.3) is 5.91 Å². The van der Waals surface area contributed by atoms with Crippen LogP contribution in [-0.4, -0.2) is 74.8 Å². The molecule has 10 nitrogen and oxygen atoms in total. The highest BCUT2D eigenvalue weighted by molar-refractivity contribution is 6.04. The molecule has 1 amide bonds. The number of imidazole rings is 1. The van der Waals surface area contributed by atoms with Gasteiger partial charge in [0, 0.05) is 50.0 Å². The summed E-state index contributed by atoms with van der Waals surface area (Å²) in [6, 6.07) is 17.0. The quantitative estimate of drug-likeness (QED) is 0.334. The molecule has 0 atom stereocenters. The number of piperazine rings is 1. The Balaban J connectivity index is 1.18. The molecule has 4 aromatic rings. The normalized spacial score (nSPS) is 14.4. The van der Waals surface area contributed by atoms with E-state index in [-0.39, 0.29) is 12.3 Å². The fourth-order valence-electron chi connectivity index (χ4n) is 4.08. The van der Waals surface area contributed by atoms with E-state index in [0.717, 1.165) is 42.9 Å². The van der Waals surface area contributed by atoms with Crippen LogP contribution in [0.2, 0.25) is 0 Å². The van der Waals surface area contributed by atoms with Crippen LogP contribution in [0.15, 0.2) is 54.6 Å². The maximum Gasteiger partial charge on any atom is 0.304 e. The van der Waals surface area contributed by atoms with Gasteiger partial charge in [-0.25, -0.2) is 4.98 Å². The zero-order valence-electron chi connectivity index (χ0n) is 18.5. The van der Waals surface area contributed by atoms with Crippen molar-refractivity contribution in [2.45, 2.75) is 6.42 Å². The Labute approximate surface area is 195 Å². The third kappa shape index (κ3) is 4.76. The minimum atomic E-state index is -0.767. The topological polar surface area (TPSA) is 130 Å². The summed E-state index contributed by atoms with van der Waals surface area (Å²) in [5, 5.41) is 18.8. The number of nitrogens with zero attached hydrogens (tertiary/aromatic N) is 4. The summed E-state index contributed by atoms with van der Waals surface area (Å²) < 4.78 is 0. The second kappa shape index (κ2) is 9.36. The van der Waals surface area contributed by atoms with Crippen molar-refractivity contribution in [2.24, 2.45) is 0 Å². The Hall–Kier alpha value is -4.18. The van der Waals surface area contributed by atoms with Gasteiger partial charge in [0.15, 0.2) is 11.6 Å². The molecule has 3 heterocycles. The van der Waals surface area contributed by atoms with Gasteiger partial charge in [-0.05, 0) is 36.4 Å². The van der Waals surface area contributed by atoms with Crippen LogP contribution in [0, 0.1) is 0 Å². The zero-order valence-corrected chi connectivity index (χ0v) is 18.5. The number of carboxylic acids is 1. The number of hydrogen-bond donors (Lipinski definition) is 4. The average molecular weight is 460 g/mol. The molecular weight excluding hydrogens is 434 g/mol. The molecule has 0 saturated carbocycles. The maximum absolute atomic E-state index is 12.7. The number of aromatic nitrogens is 4. The van der Waals surface area contributed by atoms with Crippen molar-refractivity contribution >= 4 is 34.4 Å². The van der Waals surface area contributed by atoms with Gasteiger partial charge in [-0.2, -0.15) is 5.10 Å². The molecule has 174 valence electrons. The lowest BCUT2D eigenvalue weighted by Crippen LogP contribution is -2.46. The van der Waals surface area contributed by atoms with Crippen LogP contribution < -0.4 is 10.2 Å². The Kier molecular flexibility index (Phi) is 5.96. The summed E-state index contributed by atoms with van der Waals surface area (Å²) in [4.78, 5) is 35.6. The summed E-state index contributed by atoms with van der Waals surface area (Å²) in [6.45, 7) is 3.87. The van der Waals surface area contributed by atoms with E-state index < -0.39 is 5.97 Å². The van der Waals surface area contributed by atoms with Crippen LogP contribution in [0.3, 0.4) is 0 Å². The number of amides is 1. The van der Waals surface area contributed by atoms with Gasteiger partial charge in [-0.15, -0.1) is 0 Å². The van der Waals surface area contributed by atoms with E-state index in [1.54, 1.807) is 18.2 Å². The molecular formula is C24H25N7O3. The molecule has 34 heavy (non-hydrogen) atoms. The number of carboxylic acid groups (broad SMARTS) is 1. The van der Waals surface area contributed by atoms with Gasteiger partial charge in [0.05, 0.1) is 17.5 Å². The van der Waals surface area contributed by atoms with Gasteiger partial charge >= 0.3 is 5.97 Å². The second-order valence-electron chi connectivity index (χ2n) is 8.24. The molecule has 0 aliphatic carbocycles. The predicted molar refractivity (Wildman–Crippen MR) is 129 cm³/mol. The fourth-order valence-corrected chi connectivity index (χ4v) is 4.08. The molecule has 1 aliphatic rings. The molecule has 2 aromatic carbocycles. The van der Waals surface area contributed by atoms with E-state index in [4.69, 9.17) is 5.11 Å². The third-order valence-electron chi connectivity index (χ3n) is 5.97. The Morgan fingerprint density at radius 2 is 1.79 bits per heavy atom. The Bertz CT molecular complexity index is 1270. The van der Waals surface area contributed by atoms with Gasteiger partial charge in [-0.3, -0.25) is 19.6 Å². The standard InChI is InChI=1S/C24H25N7O3/c32-22(33)9-10-30-11-13-31(14-12-30)17-7-5-16(6-8-17)24(34)27-21-15-20(28-29-21)23-25-18-3-1-2-4-19(18)26-23/h1-8,15H,9-14H2,(H,25,26)(H,32,33)(H2,27,28,29,34). The highest BCUT2D eigenvalue weighted by Gasteiger charge is 2.18. The number of hydrogen-bond acceptors (Lipinski definition) is 6. The Morgan fingerprint density at radius 3 is 2.53 bits per heavy atom. The van der Waals surface area contributed by atoms with Crippen LogP contribution in [0.25, 0.3) is 22.6 Å². The van der Waals surface area contributed by atoms with Crippen molar-refractivity contribution in [3.63, 3.8) is 0 Å². The Morgan fingerprint density at radius 1 is 1.03 bits per heavy atom. The smallest absolute Gasteiger partial charge is 0.304 e. The average Bonchev–Trinajstić information content (AvgIpc) is 3.50. The minimum absolute atomic E-state index is 0.166. The van der Waals surface area contributed by atoms with E-state index >= 15 is 0 Å². The first-order valence-electron chi connectivity index (χ1n) is 11.2. The summed E-state index contributed by atoms with van der Waals surface area (Å²) in [6.07, 6.45) is 0.166. The third-order valence-corrected chi connectivity index (χ3v) is 5.97. The van der Waals surface area contributed by atoms with Crippen LogP contribution >= 0.6 is 0 Å². The van der Waals surface area contributed by atoms with Crippen LogP contribution in [0.1, 0.15) is 16.8 Å². The number of carbonyl (C=O) groups is 2. The fraction of sp³-hybridized carbons (Fsp3) is 0.250. The summed E-state index contributed by atoms with van der Waals surface area (Å²) >= 11 is 0. The van der Waals surface area contributed by atoms with E-state index in [1.807, 2.05) is 36.4 Å². The van der Waals surface area contributed by atoms with Crippen molar-refractivity contribution in [1.29, 1.82) is 0 Å². The molecule has 0 unspecified atom stereocenters. The van der Waals surface area contributed by atoms with Crippen LogP contribution in [0.5, 0.6) is 0 Å². The van der Waals surface area contributed by atoms with Crippen molar-refractivity contribution in [1.82, 2.24) is 25.1 Å². The summed E-state index contributed by atoms with van der Waals surface area (Å²) in [5.74, 6) is 0.0632. The van der Waals surface area contributed by atoms with Crippen LogP contribution in [-0.2, 0) is 4.79 Å². The number of para-hydroxylation sites is 2. The van der Waals surface area contributed by atoms with E-state index in [1.165, 1.54) is 0 Å². The monoisotopic (exact) mass is 459 g/mol. The first-order valence-corrected chi connectivity index (χ1v) is 11.2. The zero-order chi connectivity index (χ0) is 23.5. The van der Waals surface area contributed by atoms with Gasteiger partial charge in [-0.1, -0.05) is 12.1 Å². The minimum Gasteiger partial charge on any atom is -0.481 e. The van der Waals surface area contributed by atoms with Gasteiger partial charge in [0.1, 0.15) is 5.69 Å². The van der Waals surface area contributed by atoms with Crippen molar-refractivity contribution in [3.8, 4) is 11.5 Å². The lowest BCUT2D eigenvalue weighted by Gasteiger charge is -2.35. The summed E-state index contributed by atoms with van der Waals surface area (Å²) in [5.41, 5.74) is 4.06. The molecule has 4 N–H and O–H groups in total. The molecule has 0 bridgehead atoms. The van der Waals surface area contributed by atoms with Gasteiger partial charge < -0.3 is 20.3 Å². The number of carbonyl (C=O) groups excluding carboxylic acids is 1. The number of benzene rings is 2. The molecule has 0 radical (unpaired) electrons. The lowest BCUT2D eigenvalue weighted by molar-refractivity contribution is -0.137. The number of H-pyrrole nitrogens is 2. The SMILES string of the molecule is O=C(O)CCN1CCN(c2ccc(C(=O)Nc3cc(-c4nc5ccccc5[nH]4)[nH]n3)cc2)CC1. The van der Waals surface area contributed by atoms with E-state index in [2.05, 4.69) is 35.3 Å². The molecule has 0 spiro atoms. The molecule has 1 aliphatic heterocycles. The molecule has 5 rings (SSSR count). The number of rotatable bonds is 7. The first-order chi connectivity index (χ1) is 16.5. The van der Waals surface area contributed by atoms with Gasteiger partial charge in [0.2, 0.25) is 0 Å². The lowest BCUT2D eigenvalue weighted by atomic mass is 10.1. The predicted octanol–water partition coefficient (Wildman–Crippen LogP) is 2.80. The van der Waals surface area contributed by atoms with Crippen LogP contribution in [0.4, 0.5) is 11.5 Å². The first kappa shape index (κ1) is 21.7. The highest BCUT2D eigenvalue weighted by atomic mass is 16.4. The maximum atomic E-state index is 12.7. The number of fused-ring (bicyclic) bond motifs is 1. The highest BCUT2D eigenvalue weighted by Crippen LogP contribution is 2.22. The molecule has 10 heteroatoms. The second-order valence-corrected chi connectivity index (χ2v) is 8.24. The van der Waals surface area contributed by atoms with E-state index in [9.17, 15) is 9.59 Å². The molecule has 2 aromatic heterocycles.